The van der Waals surface area contributed by atoms with Crippen LogP contribution in [0.5, 0.6) is 0 Å². The molecule has 0 bridgehead atoms. The number of amides is 2. The van der Waals surface area contributed by atoms with Crippen LogP contribution in [0.1, 0.15) is 21.5 Å². The first kappa shape index (κ1) is 21.9. The molecule has 3 aromatic carbocycles. The topological polar surface area (TPSA) is 104 Å². The van der Waals surface area contributed by atoms with Crippen LogP contribution in [-0.4, -0.2) is 20.2 Å². The number of rotatable bonds is 7. The second-order valence-corrected chi connectivity index (χ2v) is 8.29. The van der Waals surface area contributed by atoms with Crippen LogP contribution in [0.2, 0.25) is 0 Å². The van der Waals surface area contributed by atoms with Crippen molar-refractivity contribution in [3.8, 4) is 0 Å². The van der Waals surface area contributed by atoms with E-state index in [1.807, 2.05) is 48.5 Å². The molecule has 3 N–H and O–H groups in total. The van der Waals surface area contributed by atoms with Gasteiger partial charge < -0.3 is 0 Å². The number of carbonyl (C=O) groups is 2. The first-order valence-electron chi connectivity index (χ1n) is 9.41. The average molecular weight is 436 g/mol. The highest BCUT2D eigenvalue weighted by Crippen LogP contribution is 2.12. The van der Waals surface area contributed by atoms with Crippen LogP contribution in [0, 0.1) is 0 Å². The lowest BCUT2D eigenvalue weighted by Crippen LogP contribution is -2.40. The molecule has 0 aliphatic heterocycles. The van der Waals surface area contributed by atoms with Crippen molar-refractivity contribution in [3.63, 3.8) is 0 Å². The smallest absolute Gasteiger partial charge is 0.268 e. The summed E-state index contributed by atoms with van der Waals surface area (Å²) < 4.78 is 27.6. The molecule has 7 nitrogen and oxygen atoms in total. The fourth-order valence-corrected chi connectivity index (χ4v) is 3.69. The van der Waals surface area contributed by atoms with E-state index in [0.717, 1.165) is 11.1 Å². The van der Waals surface area contributed by atoms with Gasteiger partial charge in [-0.2, -0.15) is 0 Å². The molecule has 0 aromatic heterocycles. The number of nitrogens with one attached hydrogen (secondary N) is 3. The predicted octanol–water partition coefficient (Wildman–Crippen LogP) is 2.64. The molecule has 0 fully saturated rings. The van der Waals surface area contributed by atoms with Gasteiger partial charge in [-0.25, -0.2) is 13.1 Å². The maximum absolute atomic E-state index is 12.5. The molecule has 0 radical (unpaired) electrons. The molecule has 3 aromatic rings. The minimum atomic E-state index is -3.81. The van der Waals surface area contributed by atoms with E-state index in [1.165, 1.54) is 30.3 Å². The molecule has 0 heterocycles. The maximum atomic E-state index is 12.5. The quantitative estimate of drug-likeness (QED) is 0.392. The number of sulfonamides is 1. The summed E-state index contributed by atoms with van der Waals surface area (Å²) in [6.45, 7) is 0.128. The third-order valence-corrected chi connectivity index (χ3v) is 5.64. The Morgan fingerprint density at radius 2 is 1.48 bits per heavy atom. The van der Waals surface area contributed by atoms with Gasteiger partial charge in [-0.1, -0.05) is 66.7 Å². The Morgan fingerprint density at radius 3 is 2.19 bits per heavy atom. The summed E-state index contributed by atoms with van der Waals surface area (Å²) in [6, 6.07) is 23.9. The van der Waals surface area contributed by atoms with Crippen molar-refractivity contribution in [1.29, 1.82) is 0 Å². The minimum Gasteiger partial charge on any atom is -0.268 e. The van der Waals surface area contributed by atoms with E-state index in [-0.39, 0.29) is 17.0 Å². The first-order chi connectivity index (χ1) is 14.9. The number of hydrogen-bond acceptors (Lipinski definition) is 4. The Labute approximate surface area is 180 Å². The summed E-state index contributed by atoms with van der Waals surface area (Å²) in [6.07, 6.45) is 2.89. The van der Waals surface area contributed by atoms with E-state index in [4.69, 9.17) is 0 Å². The zero-order valence-electron chi connectivity index (χ0n) is 16.5. The van der Waals surface area contributed by atoms with Gasteiger partial charge in [0.2, 0.25) is 10.0 Å². The normalized spacial score (nSPS) is 11.2. The van der Waals surface area contributed by atoms with Crippen molar-refractivity contribution < 1.29 is 18.0 Å². The summed E-state index contributed by atoms with van der Waals surface area (Å²) in [5.74, 6) is -1.16. The molecule has 31 heavy (non-hydrogen) atoms. The number of hydrazine groups is 1. The van der Waals surface area contributed by atoms with E-state index in [0.29, 0.717) is 0 Å². The lowest BCUT2D eigenvalue weighted by molar-refractivity contribution is -0.117. The van der Waals surface area contributed by atoms with Crippen LogP contribution in [0.4, 0.5) is 0 Å². The van der Waals surface area contributed by atoms with Crippen molar-refractivity contribution in [2.75, 3.05) is 0 Å². The summed E-state index contributed by atoms with van der Waals surface area (Å²) >= 11 is 0. The summed E-state index contributed by atoms with van der Waals surface area (Å²) in [7, 11) is -3.81. The van der Waals surface area contributed by atoms with Crippen LogP contribution in [0.15, 0.2) is 95.9 Å². The van der Waals surface area contributed by atoms with Gasteiger partial charge in [0, 0.05) is 18.2 Å². The zero-order valence-corrected chi connectivity index (χ0v) is 17.3. The summed E-state index contributed by atoms with van der Waals surface area (Å²) in [5, 5.41) is 0. The van der Waals surface area contributed by atoms with E-state index < -0.39 is 21.8 Å². The van der Waals surface area contributed by atoms with E-state index in [2.05, 4.69) is 15.6 Å². The highest BCUT2D eigenvalue weighted by molar-refractivity contribution is 7.89. The van der Waals surface area contributed by atoms with E-state index >= 15 is 0 Å². The van der Waals surface area contributed by atoms with Crippen LogP contribution in [-0.2, 0) is 21.4 Å². The Balaban J connectivity index is 1.59. The Kier molecular flexibility index (Phi) is 7.31. The lowest BCUT2D eigenvalue weighted by atomic mass is 10.2. The number of benzene rings is 3. The van der Waals surface area contributed by atoms with Crippen LogP contribution < -0.4 is 15.6 Å². The van der Waals surface area contributed by atoms with Gasteiger partial charge in [0.25, 0.3) is 11.8 Å². The molecular formula is C23H21N3O4S. The monoisotopic (exact) mass is 435 g/mol. The molecule has 0 atom stereocenters. The predicted molar refractivity (Wildman–Crippen MR) is 118 cm³/mol. The molecule has 0 unspecified atom stereocenters. The van der Waals surface area contributed by atoms with E-state index in [1.54, 1.807) is 18.2 Å². The molecule has 8 heteroatoms. The fourth-order valence-electron chi connectivity index (χ4n) is 2.63. The van der Waals surface area contributed by atoms with Gasteiger partial charge in [0.1, 0.15) is 0 Å². The van der Waals surface area contributed by atoms with Gasteiger partial charge in [-0.15, -0.1) is 0 Å². The molecular weight excluding hydrogens is 414 g/mol. The van der Waals surface area contributed by atoms with Crippen LogP contribution in [0.25, 0.3) is 6.08 Å². The molecule has 0 aliphatic carbocycles. The highest BCUT2D eigenvalue weighted by Gasteiger charge is 2.16. The molecule has 3 rings (SSSR count). The third kappa shape index (κ3) is 6.63. The van der Waals surface area contributed by atoms with Gasteiger partial charge in [-0.3, -0.25) is 20.4 Å². The largest absolute Gasteiger partial charge is 0.269 e. The Bertz CT molecular complexity index is 1180. The third-order valence-electron chi connectivity index (χ3n) is 4.24. The number of hydrogen-bond donors (Lipinski definition) is 3. The van der Waals surface area contributed by atoms with Crippen molar-refractivity contribution in [1.82, 2.24) is 15.6 Å². The number of carbonyl (C=O) groups excluding carboxylic acids is 2. The van der Waals surface area contributed by atoms with Gasteiger partial charge >= 0.3 is 0 Å². The van der Waals surface area contributed by atoms with Crippen molar-refractivity contribution in [3.05, 3.63) is 108 Å². The minimum absolute atomic E-state index is 0.0496. The Morgan fingerprint density at radius 1 is 0.806 bits per heavy atom. The van der Waals surface area contributed by atoms with Crippen LogP contribution in [0.3, 0.4) is 0 Å². The lowest BCUT2D eigenvalue weighted by Gasteiger charge is -2.09. The SMILES string of the molecule is O=C(/C=C/c1ccccc1)NNC(=O)c1cccc(S(=O)(=O)NCc2ccccc2)c1. The molecule has 0 aliphatic rings. The second kappa shape index (κ2) is 10.3. The van der Waals surface area contributed by atoms with Crippen LogP contribution >= 0.6 is 0 Å². The van der Waals surface area contributed by atoms with Gasteiger partial charge in [0.15, 0.2) is 0 Å². The highest BCUT2D eigenvalue weighted by atomic mass is 32.2. The Hall–Kier alpha value is -3.75. The van der Waals surface area contributed by atoms with Gasteiger partial charge in [-0.05, 0) is 35.4 Å². The van der Waals surface area contributed by atoms with E-state index in [9.17, 15) is 18.0 Å². The fraction of sp³-hybridized carbons (Fsp3) is 0.0435. The summed E-state index contributed by atoms with van der Waals surface area (Å²) in [5.41, 5.74) is 6.27. The average Bonchev–Trinajstić information content (AvgIpc) is 2.81. The molecule has 0 spiro atoms. The summed E-state index contributed by atoms with van der Waals surface area (Å²) in [4.78, 5) is 24.1. The van der Waals surface area contributed by atoms with Crippen molar-refractivity contribution in [2.45, 2.75) is 11.4 Å². The molecule has 2 amide bonds. The second-order valence-electron chi connectivity index (χ2n) is 6.53. The molecule has 158 valence electrons. The van der Waals surface area contributed by atoms with Crippen molar-refractivity contribution >= 4 is 27.9 Å². The maximum Gasteiger partial charge on any atom is 0.269 e. The van der Waals surface area contributed by atoms with Gasteiger partial charge in [0.05, 0.1) is 4.90 Å². The standard InChI is InChI=1S/C23H21N3O4S/c27-22(15-14-18-8-3-1-4-9-18)25-26-23(28)20-12-7-13-21(16-20)31(29,30)24-17-19-10-5-2-6-11-19/h1-16,24H,17H2,(H,25,27)(H,26,28)/b15-14+. The zero-order chi connectivity index (χ0) is 22.1. The first-order valence-corrected chi connectivity index (χ1v) is 10.9. The molecule has 0 saturated heterocycles. The molecule has 0 saturated carbocycles. The van der Waals surface area contributed by atoms with Crippen molar-refractivity contribution in [2.24, 2.45) is 0 Å².